The number of nitrogens with zero attached hydrogens (tertiary/aromatic N) is 3. The molecule has 0 bridgehead atoms. The number of benzene rings is 1. The number of carbonyl (C=O) groups excluding carboxylic acids is 3. The van der Waals surface area contributed by atoms with E-state index in [0.29, 0.717) is 38.0 Å². The third-order valence-corrected chi connectivity index (χ3v) is 6.47. The largest absolute Gasteiger partial charge is 0.490 e. The van der Waals surface area contributed by atoms with Crippen molar-refractivity contribution in [2.24, 2.45) is 0 Å². The average molecular weight is 535 g/mol. The normalized spacial score (nSPS) is 18.9. The number of aromatic nitrogens is 1. The van der Waals surface area contributed by atoms with E-state index in [2.05, 4.69) is 10.3 Å². The number of halogens is 3. The van der Waals surface area contributed by atoms with E-state index < -0.39 is 24.2 Å². The molecule has 204 valence electrons. The summed E-state index contributed by atoms with van der Waals surface area (Å²) in [6.45, 7) is 3.43. The molecule has 2 N–H and O–H groups in total. The van der Waals surface area contributed by atoms with Crippen LogP contribution in [0.5, 0.6) is 0 Å². The van der Waals surface area contributed by atoms with Crippen LogP contribution >= 0.6 is 0 Å². The number of aryl methyl sites for hydroxylation is 1. The quantitative estimate of drug-likeness (QED) is 0.609. The van der Waals surface area contributed by atoms with Gasteiger partial charge in [0, 0.05) is 37.6 Å². The van der Waals surface area contributed by atoms with E-state index in [0.717, 1.165) is 24.0 Å². The molecule has 2 aliphatic heterocycles. The minimum Gasteiger partial charge on any atom is -0.475 e. The molecule has 38 heavy (non-hydrogen) atoms. The summed E-state index contributed by atoms with van der Waals surface area (Å²) in [4.78, 5) is 55.6. The van der Waals surface area contributed by atoms with Gasteiger partial charge in [-0.2, -0.15) is 13.2 Å². The molecule has 2 aliphatic rings. The van der Waals surface area contributed by atoms with Gasteiger partial charge in [-0.05, 0) is 61.9 Å². The molecule has 4 rings (SSSR count). The number of aliphatic carboxylic acids is 1. The van der Waals surface area contributed by atoms with E-state index in [1.165, 1.54) is 0 Å². The Balaban J connectivity index is 0.000000505. The smallest absolute Gasteiger partial charge is 0.475 e. The first-order valence-electron chi connectivity index (χ1n) is 12.1. The molecule has 9 nitrogen and oxygen atoms in total. The second-order valence-corrected chi connectivity index (χ2v) is 9.04. The molecule has 1 aromatic carbocycles. The summed E-state index contributed by atoms with van der Waals surface area (Å²) in [7, 11) is 0. The molecule has 3 heterocycles. The van der Waals surface area contributed by atoms with Gasteiger partial charge in [-0.1, -0.05) is 18.2 Å². The molecule has 1 aromatic heterocycles. The minimum atomic E-state index is -5.08. The number of pyridine rings is 1. The molecule has 0 radical (unpaired) electrons. The summed E-state index contributed by atoms with van der Waals surface area (Å²) in [6, 6.07) is 10.2. The zero-order chi connectivity index (χ0) is 27.9. The zero-order valence-electron chi connectivity index (χ0n) is 20.8. The van der Waals surface area contributed by atoms with Crippen LogP contribution in [0.4, 0.5) is 13.2 Å². The fraction of sp³-hybridized carbons (Fsp3) is 0.423. The van der Waals surface area contributed by atoms with Crippen molar-refractivity contribution in [3.63, 3.8) is 0 Å². The van der Waals surface area contributed by atoms with Crippen LogP contribution in [-0.4, -0.2) is 74.9 Å². The molecule has 3 amide bonds. The molecule has 2 aromatic rings. The summed E-state index contributed by atoms with van der Waals surface area (Å²) >= 11 is 0. The SMILES string of the molecule is Cc1ccccc1C(=O)N1CCC[C@@H]1C(=O)N1CCC[C@H]1C(=O)NCc1ccncc1.O=C(O)C(F)(F)F. The Bertz CT molecular complexity index is 1160. The number of carbonyl (C=O) groups is 4. The molecular weight excluding hydrogens is 505 g/mol. The Morgan fingerprint density at radius 3 is 2.16 bits per heavy atom. The van der Waals surface area contributed by atoms with Crippen molar-refractivity contribution in [1.82, 2.24) is 20.1 Å². The number of carboxylic acid groups (broad SMARTS) is 1. The lowest BCUT2D eigenvalue weighted by atomic mass is 10.1. The van der Waals surface area contributed by atoms with Crippen LogP contribution < -0.4 is 5.32 Å². The Morgan fingerprint density at radius 1 is 0.974 bits per heavy atom. The van der Waals surface area contributed by atoms with Crippen LogP contribution in [-0.2, 0) is 20.9 Å². The van der Waals surface area contributed by atoms with Crippen LogP contribution in [0, 0.1) is 6.92 Å². The van der Waals surface area contributed by atoms with Gasteiger partial charge in [0.05, 0.1) is 0 Å². The number of alkyl halides is 3. The molecule has 0 aliphatic carbocycles. The number of carboxylic acids is 1. The Labute approximate surface area is 217 Å². The third-order valence-electron chi connectivity index (χ3n) is 6.47. The lowest BCUT2D eigenvalue weighted by molar-refractivity contribution is -0.192. The first kappa shape index (κ1) is 28.6. The highest BCUT2D eigenvalue weighted by molar-refractivity contribution is 5.99. The topological polar surface area (TPSA) is 120 Å². The highest BCUT2D eigenvalue weighted by atomic mass is 19.4. The van der Waals surface area contributed by atoms with Crippen molar-refractivity contribution < 1.29 is 37.5 Å². The van der Waals surface area contributed by atoms with Crippen LogP contribution in [0.3, 0.4) is 0 Å². The van der Waals surface area contributed by atoms with Gasteiger partial charge in [-0.25, -0.2) is 4.79 Å². The summed E-state index contributed by atoms with van der Waals surface area (Å²) in [5.41, 5.74) is 2.50. The van der Waals surface area contributed by atoms with Gasteiger partial charge < -0.3 is 20.2 Å². The second kappa shape index (κ2) is 12.5. The van der Waals surface area contributed by atoms with Gasteiger partial charge in [0.1, 0.15) is 12.1 Å². The third kappa shape index (κ3) is 7.08. The lowest BCUT2D eigenvalue weighted by Crippen LogP contribution is -2.52. The van der Waals surface area contributed by atoms with Crippen LogP contribution in [0.15, 0.2) is 48.8 Å². The van der Waals surface area contributed by atoms with Crippen molar-refractivity contribution in [2.75, 3.05) is 13.1 Å². The van der Waals surface area contributed by atoms with Gasteiger partial charge in [0.2, 0.25) is 11.8 Å². The first-order valence-corrected chi connectivity index (χ1v) is 12.1. The van der Waals surface area contributed by atoms with E-state index in [9.17, 15) is 27.6 Å². The molecule has 0 spiro atoms. The lowest BCUT2D eigenvalue weighted by Gasteiger charge is -2.31. The van der Waals surface area contributed by atoms with E-state index in [4.69, 9.17) is 9.90 Å². The molecule has 0 unspecified atom stereocenters. The average Bonchev–Trinajstić information content (AvgIpc) is 3.58. The summed E-state index contributed by atoms with van der Waals surface area (Å²) in [5, 5.41) is 10.1. The number of hydrogen-bond donors (Lipinski definition) is 2. The molecule has 12 heteroatoms. The van der Waals surface area contributed by atoms with Crippen molar-refractivity contribution >= 4 is 23.7 Å². The van der Waals surface area contributed by atoms with Crippen molar-refractivity contribution in [3.8, 4) is 0 Å². The Hall–Kier alpha value is -3.96. The number of rotatable bonds is 5. The molecule has 2 atom stereocenters. The van der Waals surface area contributed by atoms with Gasteiger partial charge in [0.25, 0.3) is 5.91 Å². The summed E-state index contributed by atoms with van der Waals surface area (Å²) in [6.07, 6.45) is 1.16. The number of hydrogen-bond acceptors (Lipinski definition) is 5. The monoisotopic (exact) mass is 534 g/mol. The van der Waals surface area contributed by atoms with Crippen molar-refractivity contribution in [1.29, 1.82) is 0 Å². The van der Waals surface area contributed by atoms with E-state index in [1.807, 2.05) is 43.3 Å². The maximum Gasteiger partial charge on any atom is 0.490 e. The number of likely N-dealkylation sites (tertiary alicyclic amines) is 2. The van der Waals surface area contributed by atoms with Crippen LogP contribution in [0.1, 0.15) is 47.2 Å². The number of amides is 3. The van der Waals surface area contributed by atoms with E-state index in [-0.39, 0.29) is 17.7 Å². The highest BCUT2D eigenvalue weighted by Gasteiger charge is 2.42. The summed E-state index contributed by atoms with van der Waals surface area (Å²) in [5.74, 6) is -3.11. The fourth-order valence-corrected chi connectivity index (χ4v) is 4.54. The fourth-order valence-electron chi connectivity index (χ4n) is 4.54. The Kier molecular flexibility index (Phi) is 9.43. The van der Waals surface area contributed by atoms with Crippen molar-refractivity contribution in [3.05, 3.63) is 65.5 Å². The maximum absolute atomic E-state index is 13.4. The molecule has 2 fully saturated rings. The molecule has 2 saturated heterocycles. The zero-order valence-corrected chi connectivity index (χ0v) is 20.8. The summed E-state index contributed by atoms with van der Waals surface area (Å²) < 4.78 is 31.7. The van der Waals surface area contributed by atoms with Crippen LogP contribution in [0.2, 0.25) is 0 Å². The van der Waals surface area contributed by atoms with E-state index in [1.54, 1.807) is 22.2 Å². The molecular formula is C26H29F3N4O5. The predicted octanol–water partition coefficient (Wildman–Crippen LogP) is 2.94. The highest BCUT2D eigenvalue weighted by Crippen LogP contribution is 2.27. The van der Waals surface area contributed by atoms with E-state index >= 15 is 0 Å². The molecule has 0 saturated carbocycles. The van der Waals surface area contributed by atoms with Gasteiger partial charge in [-0.15, -0.1) is 0 Å². The standard InChI is InChI=1S/C24H28N4O3.C2HF3O2/c1-17-6-2-3-7-19(17)23(30)28-15-5-9-21(28)24(31)27-14-4-8-20(27)22(29)26-16-18-10-12-25-13-11-18;3-2(4,5)1(6)7/h2-3,6-7,10-13,20-21H,4-5,8-9,14-16H2,1H3,(H,26,29);(H,6,7)/t20-,21+;/m0./s1. The number of nitrogens with one attached hydrogen (secondary N) is 1. The van der Waals surface area contributed by atoms with Gasteiger partial charge >= 0.3 is 12.1 Å². The van der Waals surface area contributed by atoms with Gasteiger partial charge in [0.15, 0.2) is 0 Å². The maximum atomic E-state index is 13.4. The Morgan fingerprint density at radius 2 is 1.55 bits per heavy atom. The van der Waals surface area contributed by atoms with Crippen molar-refractivity contribution in [2.45, 2.75) is 57.4 Å². The minimum absolute atomic E-state index is 0.105. The van der Waals surface area contributed by atoms with Crippen LogP contribution in [0.25, 0.3) is 0 Å². The van der Waals surface area contributed by atoms with Gasteiger partial charge in [-0.3, -0.25) is 19.4 Å². The predicted molar refractivity (Wildman–Crippen MR) is 130 cm³/mol. The second-order valence-electron chi connectivity index (χ2n) is 9.04. The first-order chi connectivity index (χ1) is 18.0.